The normalized spacial score (nSPS) is 17.2. The molecule has 0 saturated heterocycles. The second-order valence-electron chi connectivity index (χ2n) is 10.3. The molecule has 0 fully saturated rings. The number of rotatable bonds is 11. The van der Waals surface area contributed by atoms with Crippen molar-refractivity contribution in [1.29, 1.82) is 0 Å². The van der Waals surface area contributed by atoms with Crippen molar-refractivity contribution < 1.29 is 24.5 Å². The molecule has 9 heteroatoms. The number of hydrogen-bond acceptors (Lipinski definition) is 6. The van der Waals surface area contributed by atoms with Crippen LogP contribution in [0, 0.1) is 5.92 Å². The molecule has 0 bridgehead atoms. The number of oxime groups is 1. The first kappa shape index (κ1) is 28.1. The maximum atomic E-state index is 13.6. The van der Waals surface area contributed by atoms with Crippen molar-refractivity contribution in [2.24, 2.45) is 11.1 Å². The van der Waals surface area contributed by atoms with Crippen LogP contribution in [0.1, 0.15) is 42.6 Å². The first-order chi connectivity index (χ1) is 18.8. The first-order valence-corrected chi connectivity index (χ1v) is 13.1. The highest BCUT2D eigenvalue weighted by atomic mass is 16.7. The molecule has 2 amide bonds. The van der Waals surface area contributed by atoms with Crippen LogP contribution in [0.4, 0.5) is 0 Å². The van der Waals surface area contributed by atoms with Gasteiger partial charge in [0, 0.05) is 18.4 Å². The van der Waals surface area contributed by atoms with E-state index in [-0.39, 0.29) is 31.2 Å². The zero-order valence-electron chi connectivity index (χ0n) is 22.2. The summed E-state index contributed by atoms with van der Waals surface area (Å²) in [7, 11) is -1.71. The van der Waals surface area contributed by atoms with Crippen molar-refractivity contribution in [3.8, 4) is 11.1 Å². The van der Waals surface area contributed by atoms with Gasteiger partial charge in [-0.3, -0.25) is 9.59 Å². The van der Waals surface area contributed by atoms with Gasteiger partial charge in [0.15, 0.2) is 0 Å². The zero-order chi connectivity index (χ0) is 27.8. The van der Waals surface area contributed by atoms with Crippen LogP contribution in [0.25, 0.3) is 11.1 Å². The fourth-order valence-electron chi connectivity index (χ4n) is 4.75. The summed E-state index contributed by atoms with van der Waals surface area (Å²) in [5, 5.41) is 29.6. The Labute approximate surface area is 229 Å². The number of nitrogens with zero attached hydrogens (tertiary/aromatic N) is 1. The van der Waals surface area contributed by atoms with Crippen LogP contribution in [0.15, 0.2) is 90.1 Å². The molecule has 1 aliphatic heterocycles. The summed E-state index contributed by atoms with van der Waals surface area (Å²) in [5.41, 5.74) is 2.28. The highest BCUT2D eigenvalue weighted by Crippen LogP contribution is 2.30. The van der Waals surface area contributed by atoms with Gasteiger partial charge in [-0.2, -0.15) is 0 Å². The Kier molecular flexibility index (Phi) is 9.17. The summed E-state index contributed by atoms with van der Waals surface area (Å²) in [5.74, 6) is -1.47. The molecule has 1 unspecified atom stereocenters. The average Bonchev–Trinajstić information content (AvgIpc) is 3.36. The van der Waals surface area contributed by atoms with Crippen molar-refractivity contribution in [3.05, 3.63) is 96.1 Å². The molecule has 3 aromatic rings. The summed E-state index contributed by atoms with van der Waals surface area (Å²) in [6.45, 7) is 3.98. The summed E-state index contributed by atoms with van der Waals surface area (Å²) >= 11 is 0. The third-order valence-corrected chi connectivity index (χ3v) is 6.70. The standard InChI is InChI=1S/C30H34BN3O5/c1-21(2)17-27(31(37)38)33-29(36)30(18-22-11-5-3-6-12-22)19-24(34-39-30)20-32-28(35)26-16-10-9-15-25(26)23-13-7-4-8-14-23/h3-16,21,27,37-38H,17-20H2,1-2H3,(H,32,35)(H,33,36)/t27-,30?/m0/s1. The van der Waals surface area contributed by atoms with Gasteiger partial charge in [0.25, 0.3) is 11.8 Å². The van der Waals surface area contributed by atoms with Crippen LogP contribution < -0.4 is 10.6 Å². The van der Waals surface area contributed by atoms with E-state index in [1.165, 1.54) is 0 Å². The van der Waals surface area contributed by atoms with Crippen LogP contribution >= 0.6 is 0 Å². The number of benzene rings is 3. The molecule has 0 radical (unpaired) electrons. The second kappa shape index (κ2) is 12.7. The lowest BCUT2D eigenvalue weighted by Crippen LogP contribution is -2.56. The van der Waals surface area contributed by atoms with Crippen LogP contribution in [-0.4, -0.2) is 52.8 Å². The molecule has 4 N–H and O–H groups in total. The maximum absolute atomic E-state index is 13.6. The van der Waals surface area contributed by atoms with Gasteiger partial charge in [0.05, 0.1) is 18.2 Å². The highest BCUT2D eigenvalue weighted by Gasteiger charge is 2.48. The zero-order valence-corrected chi connectivity index (χ0v) is 22.2. The molecule has 39 heavy (non-hydrogen) atoms. The number of carbonyl (C=O) groups is 2. The van der Waals surface area contributed by atoms with E-state index in [2.05, 4.69) is 15.8 Å². The van der Waals surface area contributed by atoms with Gasteiger partial charge in [0.2, 0.25) is 5.60 Å². The fourth-order valence-corrected chi connectivity index (χ4v) is 4.75. The van der Waals surface area contributed by atoms with E-state index in [0.717, 1.165) is 16.7 Å². The molecular weight excluding hydrogens is 493 g/mol. The molecule has 0 aromatic heterocycles. The molecule has 2 atom stereocenters. The van der Waals surface area contributed by atoms with E-state index in [9.17, 15) is 19.6 Å². The van der Waals surface area contributed by atoms with Crippen molar-refractivity contribution in [2.75, 3.05) is 6.54 Å². The summed E-state index contributed by atoms with van der Waals surface area (Å²) in [4.78, 5) is 32.5. The monoisotopic (exact) mass is 527 g/mol. The number of carbonyl (C=O) groups excluding carboxylic acids is 2. The second-order valence-corrected chi connectivity index (χ2v) is 10.3. The van der Waals surface area contributed by atoms with Crippen LogP contribution in [0.3, 0.4) is 0 Å². The number of hydrogen-bond donors (Lipinski definition) is 4. The van der Waals surface area contributed by atoms with Crippen LogP contribution in [-0.2, 0) is 16.1 Å². The highest BCUT2D eigenvalue weighted by molar-refractivity contribution is 6.43. The Morgan fingerprint density at radius 1 is 0.974 bits per heavy atom. The quantitative estimate of drug-likeness (QED) is 0.285. The Balaban J connectivity index is 1.48. The predicted molar refractivity (Wildman–Crippen MR) is 152 cm³/mol. The van der Waals surface area contributed by atoms with E-state index in [0.29, 0.717) is 17.7 Å². The lowest BCUT2D eigenvalue weighted by molar-refractivity contribution is -0.144. The van der Waals surface area contributed by atoms with Gasteiger partial charge < -0.3 is 25.5 Å². The van der Waals surface area contributed by atoms with E-state index >= 15 is 0 Å². The Hall–Kier alpha value is -3.95. The van der Waals surface area contributed by atoms with Gasteiger partial charge in [0.1, 0.15) is 0 Å². The fraction of sp³-hybridized carbons (Fsp3) is 0.300. The Morgan fingerprint density at radius 3 is 2.28 bits per heavy atom. The van der Waals surface area contributed by atoms with E-state index in [4.69, 9.17) is 4.84 Å². The lowest BCUT2D eigenvalue weighted by Gasteiger charge is -2.29. The van der Waals surface area contributed by atoms with Crippen molar-refractivity contribution in [1.82, 2.24) is 10.6 Å². The minimum atomic E-state index is -1.71. The molecule has 202 valence electrons. The van der Waals surface area contributed by atoms with E-state index in [1.54, 1.807) is 6.07 Å². The lowest BCUT2D eigenvalue weighted by atomic mass is 9.74. The van der Waals surface area contributed by atoms with Crippen molar-refractivity contribution in [2.45, 2.75) is 44.7 Å². The van der Waals surface area contributed by atoms with Gasteiger partial charge in [-0.15, -0.1) is 0 Å². The number of amides is 2. The molecule has 1 aliphatic rings. The predicted octanol–water partition coefficient (Wildman–Crippen LogP) is 3.38. The number of nitrogens with one attached hydrogen (secondary N) is 2. The van der Waals surface area contributed by atoms with E-state index in [1.807, 2.05) is 92.7 Å². The van der Waals surface area contributed by atoms with E-state index < -0.39 is 24.6 Å². The third-order valence-electron chi connectivity index (χ3n) is 6.70. The molecular formula is C30H34BN3O5. The van der Waals surface area contributed by atoms with Gasteiger partial charge in [-0.05, 0) is 35.1 Å². The Morgan fingerprint density at radius 2 is 1.62 bits per heavy atom. The minimum Gasteiger partial charge on any atom is -0.426 e. The van der Waals surface area contributed by atoms with Gasteiger partial charge in [-0.25, -0.2) is 0 Å². The maximum Gasteiger partial charge on any atom is 0.475 e. The molecule has 4 rings (SSSR count). The third kappa shape index (κ3) is 7.13. The topological polar surface area (TPSA) is 120 Å². The first-order valence-electron chi connectivity index (χ1n) is 13.1. The van der Waals surface area contributed by atoms with Crippen LogP contribution in [0.5, 0.6) is 0 Å². The average molecular weight is 527 g/mol. The SMILES string of the molecule is CC(C)C[C@H](NC(=O)C1(Cc2ccccc2)CC(CNC(=O)c2ccccc2-c2ccccc2)=NO1)B(O)O. The molecule has 0 spiro atoms. The molecule has 3 aromatic carbocycles. The van der Waals surface area contributed by atoms with Gasteiger partial charge in [-0.1, -0.05) is 97.9 Å². The summed E-state index contributed by atoms with van der Waals surface area (Å²) in [6, 6.07) is 26.5. The largest absolute Gasteiger partial charge is 0.475 e. The summed E-state index contributed by atoms with van der Waals surface area (Å²) < 4.78 is 0. The molecule has 0 aliphatic carbocycles. The Bertz CT molecular complexity index is 1300. The van der Waals surface area contributed by atoms with Crippen LogP contribution in [0.2, 0.25) is 0 Å². The van der Waals surface area contributed by atoms with Crippen molar-refractivity contribution >= 4 is 24.6 Å². The minimum absolute atomic E-state index is 0.101. The van der Waals surface area contributed by atoms with Gasteiger partial charge >= 0.3 is 7.12 Å². The van der Waals surface area contributed by atoms with Crippen molar-refractivity contribution in [3.63, 3.8) is 0 Å². The smallest absolute Gasteiger partial charge is 0.426 e. The molecule has 1 heterocycles. The molecule has 8 nitrogen and oxygen atoms in total. The summed E-state index contributed by atoms with van der Waals surface area (Å²) in [6.07, 6.45) is 0.757. The molecule has 0 saturated carbocycles.